The van der Waals surface area contributed by atoms with Gasteiger partial charge in [-0.25, -0.2) is 0 Å². The molecule has 2 N–H and O–H groups in total. The number of nitrogens with zero attached hydrogens (tertiary/aromatic N) is 1. The van der Waals surface area contributed by atoms with Crippen molar-refractivity contribution >= 4 is 5.69 Å². The molecule has 3 nitrogen and oxygen atoms in total. The van der Waals surface area contributed by atoms with Crippen LogP contribution in [0.1, 0.15) is 43.7 Å². The second-order valence-corrected chi connectivity index (χ2v) is 5.81. The number of rotatable bonds is 3. The van der Waals surface area contributed by atoms with E-state index in [1.807, 2.05) is 6.07 Å². The van der Waals surface area contributed by atoms with Crippen LogP contribution in [0.4, 0.5) is 5.69 Å². The standard InChI is InChI=1S/C16H24N2O/c17-14-6-3-5-13(11-14)16-8-1-2-9-18(16)12-15-7-4-10-19-15/h3,5-6,11,15-16H,1-2,4,7-10,12,17H2. The van der Waals surface area contributed by atoms with Crippen LogP contribution in [0.5, 0.6) is 0 Å². The third-order valence-electron chi connectivity index (χ3n) is 4.37. The van der Waals surface area contributed by atoms with Gasteiger partial charge in [-0.05, 0) is 49.9 Å². The van der Waals surface area contributed by atoms with Gasteiger partial charge >= 0.3 is 0 Å². The molecule has 1 aromatic rings. The summed E-state index contributed by atoms with van der Waals surface area (Å²) in [7, 11) is 0. The number of piperidine rings is 1. The van der Waals surface area contributed by atoms with Crippen LogP contribution >= 0.6 is 0 Å². The van der Waals surface area contributed by atoms with Gasteiger partial charge in [0, 0.05) is 24.9 Å². The minimum Gasteiger partial charge on any atom is -0.399 e. The Bertz CT molecular complexity index is 415. The van der Waals surface area contributed by atoms with E-state index >= 15 is 0 Å². The van der Waals surface area contributed by atoms with E-state index < -0.39 is 0 Å². The van der Waals surface area contributed by atoms with Crippen LogP contribution in [-0.4, -0.2) is 30.7 Å². The van der Waals surface area contributed by atoms with Crippen LogP contribution in [0, 0.1) is 0 Å². The van der Waals surface area contributed by atoms with Crippen molar-refractivity contribution in [2.24, 2.45) is 0 Å². The van der Waals surface area contributed by atoms with Crippen molar-refractivity contribution in [3.8, 4) is 0 Å². The lowest BCUT2D eigenvalue weighted by molar-refractivity contribution is 0.0440. The molecule has 0 radical (unpaired) electrons. The fraction of sp³-hybridized carbons (Fsp3) is 0.625. The highest BCUT2D eigenvalue weighted by molar-refractivity contribution is 5.41. The summed E-state index contributed by atoms with van der Waals surface area (Å²) in [5.41, 5.74) is 8.18. The Hall–Kier alpha value is -1.06. The Balaban J connectivity index is 1.72. The van der Waals surface area contributed by atoms with Crippen molar-refractivity contribution in [1.82, 2.24) is 4.90 Å². The molecule has 3 rings (SSSR count). The van der Waals surface area contributed by atoms with Crippen molar-refractivity contribution < 1.29 is 4.74 Å². The first kappa shape index (κ1) is 12.9. The summed E-state index contributed by atoms with van der Waals surface area (Å²) in [5.74, 6) is 0. The molecule has 0 bridgehead atoms. The highest BCUT2D eigenvalue weighted by Crippen LogP contribution is 2.32. The fourth-order valence-electron chi connectivity index (χ4n) is 3.40. The van der Waals surface area contributed by atoms with Gasteiger partial charge in [-0.15, -0.1) is 0 Å². The molecule has 0 aliphatic carbocycles. The maximum absolute atomic E-state index is 5.93. The molecule has 0 saturated carbocycles. The number of nitrogens with two attached hydrogens (primary N) is 1. The monoisotopic (exact) mass is 260 g/mol. The Labute approximate surface area is 115 Å². The minimum atomic E-state index is 0.446. The molecule has 2 aliphatic rings. The summed E-state index contributed by atoms with van der Waals surface area (Å²) in [6.07, 6.45) is 6.77. The van der Waals surface area contributed by atoms with Gasteiger partial charge in [0.2, 0.25) is 0 Å². The van der Waals surface area contributed by atoms with Gasteiger partial charge < -0.3 is 10.5 Å². The quantitative estimate of drug-likeness (QED) is 0.849. The van der Waals surface area contributed by atoms with Crippen LogP contribution in [0.3, 0.4) is 0 Å². The lowest BCUT2D eigenvalue weighted by Gasteiger charge is -2.37. The Morgan fingerprint density at radius 1 is 1.21 bits per heavy atom. The predicted octanol–water partition coefficient (Wildman–Crippen LogP) is 2.97. The van der Waals surface area contributed by atoms with Crippen LogP contribution in [0.25, 0.3) is 0 Å². The molecule has 2 heterocycles. The smallest absolute Gasteiger partial charge is 0.0703 e. The first-order chi connectivity index (χ1) is 9.33. The third kappa shape index (κ3) is 3.10. The van der Waals surface area contributed by atoms with Crippen LogP contribution in [0.2, 0.25) is 0 Å². The van der Waals surface area contributed by atoms with Gasteiger partial charge in [-0.3, -0.25) is 4.90 Å². The Morgan fingerprint density at radius 3 is 2.95 bits per heavy atom. The summed E-state index contributed by atoms with van der Waals surface area (Å²) in [6, 6.07) is 8.93. The van der Waals surface area contributed by atoms with Gasteiger partial charge in [0.1, 0.15) is 0 Å². The molecule has 0 amide bonds. The molecular formula is C16H24N2O. The normalized spacial score (nSPS) is 28.6. The van der Waals surface area contributed by atoms with E-state index in [4.69, 9.17) is 10.5 Å². The van der Waals surface area contributed by atoms with E-state index in [1.54, 1.807) is 0 Å². The average Bonchev–Trinajstić information content (AvgIpc) is 2.92. The highest BCUT2D eigenvalue weighted by atomic mass is 16.5. The van der Waals surface area contributed by atoms with Gasteiger partial charge in [-0.2, -0.15) is 0 Å². The van der Waals surface area contributed by atoms with Gasteiger partial charge in [0.25, 0.3) is 0 Å². The second-order valence-electron chi connectivity index (χ2n) is 5.81. The zero-order valence-corrected chi connectivity index (χ0v) is 11.6. The lowest BCUT2D eigenvalue weighted by Crippen LogP contribution is -2.38. The van der Waals surface area contributed by atoms with Crippen molar-refractivity contribution in [3.05, 3.63) is 29.8 Å². The topological polar surface area (TPSA) is 38.5 Å². The van der Waals surface area contributed by atoms with Crippen LogP contribution < -0.4 is 5.73 Å². The van der Waals surface area contributed by atoms with E-state index in [1.165, 1.54) is 44.2 Å². The lowest BCUT2D eigenvalue weighted by atomic mass is 9.94. The first-order valence-corrected chi connectivity index (χ1v) is 7.54. The summed E-state index contributed by atoms with van der Waals surface area (Å²) in [5, 5.41) is 0. The van der Waals surface area contributed by atoms with Crippen molar-refractivity contribution in [3.63, 3.8) is 0 Å². The number of likely N-dealkylation sites (tertiary alicyclic amines) is 1. The number of nitrogen functional groups attached to an aromatic ring is 1. The van der Waals surface area contributed by atoms with E-state index in [2.05, 4.69) is 23.1 Å². The molecule has 2 unspecified atom stereocenters. The third-order valence-corrected chi connectivity index (χ3v) is 4.37. The second kappa shape index (κ2) is 5.93. The molecule has 2 saturated heterocycles. The van der Waals surface area contributed by atoms with Crippen LogP contribution in [-0.2, 0) is 4.74 Å². The molecule has 2 aliphatic heterocycles. The fourth-order valence-corrected chi connectivity index (χ4v) is 3.40. The van der Waals surface area contributed by atoms with E-state index in [-0.39, 0.29) is 0 Å². The zero-order valence-electron chi connectivity index (χ0n) is 11.6. The summed E-state index contributed by atoms with van der Waals surface area (Å²) in [4.78, 5) is 2.61. The summed E-state index contributed by atoms with van der Waals surface area (Å²) in [6.45, 7) is 3.22. The summed E-state index contributed by atoms with van der Waals surface area (Å²) >= 11 is 0. The van der Waals surface area contributed by atoms with Crippen molar-refractivity contribution in [2.75, 3.05) is 25.4 Å². The SMILES string of the molecule is Nc1cccc(C2CCCCN2CC2CCCO2)c1. The number of anilines is 1. The molecule has 3 heteroatoms. The molecule has 1 aromatic carbocycles. The zero-order chi connectivity index (χ0) is 13.1. The van der Waals surface area contributed by atoms with Crippen molar-refractivity contribution in [2.45, 2.75) is 44.2 Å². The molecule has 0 spiro atoms. The molecule has 104 valence electrons. The molecular weight excluding hydrogens is 236 g/mol. The van der Waals surface area contributed by atoms with Crippen LogP contribution in [0.15, 0.2) is 24.3 Å². The molecule has 0 aromatic heterocycles. The Morgan fingerprint density at radius 2 is 2.16 bits per heavy atom. The number of benzene rings is 1. The molecule has 2 atom stereocenters. The number of hydrogen-bond donors (Lipinski definition) is 1. The largest absolute Gasteiger partial charge is 0.399 e. The molecule has 19 heavy (non-hydrogen) atoms. The number of ether oxygens (including phenoxy) is 1. The summed E-state index contributed by atoms with van der Waals surface area (Å²) < 4.78 is 5.80. The first-order valence-electron chi connectivity index (χ1n) is 7.54. The highest BCUT2D eigenvalue weighted by Gasteiger charge is 2.27. The predicted molar refractivity (Wildman–Crippen MR) is 78.0 cm³/mol. The van der Waals surface area contributed by atoms with E-state index in [0.29, 0.717) is 12.1 Å². The Kier molecular flexibility index (Phi) is 4.04. The minimum absolute atomic E-state index is 0.446. The van der Waals surface area contributed by atoms with Gasteiger partial charge in [0.05, 0.1) is 6.10 Å². The van der Waals surface area contributed by atoms with E-state index in [9.17, 15) is 0 Å². The maximum Gasteiger partial charge on any atom is 0.0703 e. The van der Waals surface area contributed by atoms with Gasteiger partial charge in [0.15, 0.2) is 0 Å². The van der Waals surface area contributed by atoms with Crippen molar-refractivity contribution in [1.29, 1.82) is 0 Å². The average molecular weight is 260 g/mol. The number of hydrogen-bond acceptors (Lipinski definition) is 3. The van der Waals surface area contributed by atoms with Gasteiger partial charge in [-0.1, -0.05) is 18.6 Å². The molecule has 2 fully saturated rings. The maximum atomic E-state index is 5.93. The van der Waals surface area contributed by atoms with E-state index in [0.717, 1.165) is 18.8 Å².